The molecule has 2 heterocycles. The minimum Gasteiger partial charge on any atom is -0.443 e. The Balaban J connectivity index is 2.24. The van der Waals surface area contributed by atoms with Gasteiger partial charge in [-0.2, -0.15) is 0 Å². The Labute approximate surface area is 116 Å². The first-order valence-corrected chi connectivity index (χ1v) is 6.36. The van der Waals surface area contributed by atoms with Crippen LogP contribution in [0.2, 0.25) is 5.15 Å². The van der Waals surface area contributed by atoms with Gasteiger partial charge in [0.25, 0.3) is 5.91 Å². The molecule has 102 valence electrons. The molecule has 19 heavy (non-hydrogen) atoms. The summed E-state index contributed by atoms with van der Waals surface area (Å²) in [5.41, 5.74) is 0.387. The van der Waals surface area contributed by atoms with Gasteiger partial charge >= 0.3 is 6.09 Å². The molecule has 0 radical (unpaired) electrons. The highest BCUT2D eigenvalue weighted by atomic mass is 35.5. The Morgan fingerprint density at radius 2 is 2.11 bits per heavy atom. The van der Waals surface area contributed by atoms with Gasteiger partial charge in [-0.3, -0.25) is 4.79 Å². The first-order valence-electron chi connectivity index (χ1n) is 5.98. The van der Waals surface area contributed by atoms with Crippen LogP contribution in [-0.4, -0.2) is 34.0 Å². The van der Waals surface area contributed by atoms with Crippen LogP contribution in [0.25, 0.3) is 0 Å². The van der Waals surface area contributed by atoms with Crippen LogP contribution in [0.4, 0.5) is 4.79 Å². The van der Waals surface area contributed by atoms with Gasteiger partial charge in [-0.1, -0.05) is 17.7 Å². The smallest absolute Gasteiger partial charge is 0.417 e. The van der Waals surface area contributed by atoms with Crippen LogP contribution < -0.4 is 0 Å². The lowest BCUT2D eigenvalue weighted by Gasteiger charge is -2.29. The molecular formula is C13H15ClN2O3. The zero-order chi connectivity index (χ0) is 14.2. The highest BCUT2D eigenvalue weighted by molar-refractivity contribution is 6.29. The van der Waals surface area contributed by atoms with Crippen molar-refractivity contribution in [2.24, 2.45) is 0 Å². The van der Waals surface area contributed by atoms with Gasteiger partial charge < -0.3 is 4.74 Å². The Kier molecular flexibility index (Phi) is 3.49. The second kappa shape index (κ2) is 4.81. The third-order valence-electron chi connectivity index (χ3n) is 2.61. The number of aromatic nitrogens is 1. The minimum atomic E-state index is -0.648. The van der Waals surface area contributed by atoms with E-state index in [-0.39, 0.29) is 10.8 Å². The van der Waals surface area contributed by atoms with Crippen LogP contribution in [0.5, 0.6) is 0 Å². The number of amides is 2. The topological polar surface area (TPSA) is 59.5 Å². The lowest BCUT2D eigenvalue weighted by Crippen LogP contribution is -2.45. The van der Waals surface area contributed by atoms with Crippen LogP contribution in [0.1, 0.15) is 36.8 Å². The number of halogens is 1. The third-order valence-corrected chi connectivity index (χ3v) is 2.82. The van der Waals surface area contributed by atoms with Gasteiger partial charge in [0.15, 0.2) is 0 Å². The van der Waals surface area contributed by atoms with Crippen LogP contribution in [0.15, 0.2) is 12.1 Å². The summed E-state index contributed by atoms with van der Waals surface area (Å²) < 4.78 is 5.20. The summed E-state index contributed by atoms with van der Waals surface area (Å²) in [5.74, 6) is -0.460. The van der Waals surface area contributed by atoms with Crippen molar-refractivity contribution in [3.05, 3.63) is 28.5 Å². The summed E-state index contributed by atoms with van der Waals surface area (Å²) in [5, 5.41) is 0.234. The number of carbonyl (C=O) groups is 2. The van der Waals surface area contributed by atoms with E-state index in [0.717, 1.165) is 10.5 Å². The van der Waals surface area contributed by atoms with E-state index in [4.69, 9.17) is 16.3 Å². The monoisotopic (exact) mass is 282 g/mol. The summed E-state index contributed by atoms with van der Waals surface area (Å²) >= 11 is 5.78. The van der Waals surface area contributed by atoms with Crippen molar-refractivity contribution >= 4 is 23.6 Å². The molecule has 1 aliphatic heterocycles. The predicted molar refractivity (Wildman–Crippen MR) is 70.2 cm³/mol. The molecule has 1 aromatic rings. The number of hydrogen-bond acceptors (Lipinski definition) is 4. The summed E-state index contributed by atoms with van der Waals surface area (Å²) in [6.07, 6.45) is -0.0882. The largest absolute Gasteiger partial charge is 0.443 e. The zero-order valence-electron chi connectivity index (χ0n) is 11.1. The molecule has 2 rings (SSSR count). The van der Waals surface area contributed by atoms with E-state index in [2.05, 4.69) is 4.98 Å². The molecule has 0 saturated heterocycles. The molecule has 5 nitrogen and oxygen atoms in total. The van der Waals surface area contributed by atoms with Crippen LogP contribution in [0.3, 0.4) is 0 Å². The summed E-state index contributed by atoms with van der Waals surface area (Å²) in [7, 11) is 0. The van der Waals surface area contributed by atoms with Gasteiger partial charge in [0.1, 0.15) is 16.4 Å². The quantitative estimate of drug-likeness (QED) is 0.687. The highest BCUT2D eigenvalue weighted by Gasteiger charge is 2.33. The fraction of sp³-hybridized carbons (Fsp3) is 0.462. The Bertz CT molecular complexity index is 537. The fourth-order valence-electron chi connectivity index (χ4n) is 1.80. The molecule has 0 aliphatic carbocycles. The van der Waals surface area contributed by atoms with Crippen molar-refractivity contribution < 1.29 is 14.3 Å². The average molecular weight is 283 g/mol. The van der Waals surface area contributed by atoms with Gasteiger partial charge in [-0.05, 0) is 38.8 Å². The Hall–Kier alpha value is -1.62. The van der Waals surface area contributed by atoms with E-state index in [1.54, 1.807) is 32.9 Å². The Morgan fingerprint density at radius 1 is 1.42 bits per heavy atom. The van der Waals surface area contributed by atoms with Crippen molar-refractivity contribution in [2.75, 3.05) is 6.54 Å². The first kappa shape index (κ1) is 13.8. The lowest BCUT2D eigenvalue weighted by molar-refractivity contribution is 0.0231. The molecule has 0 atom stereocenters. The number of ether oxygens (including phenoxy) is 1. The number of carbonyl (C=O) groups excluding carboxylic acids is 2. The lowest BCUT2D eigenvalue weighted by atomic mass is 10.1. The standard InChI is InChI=1S/C13H15ClN2O3/c1-13(2,3)19-12(18)16-7-6-8-4-5-9(14)15-10(8)11(16)17/h4-5H,6-7H2,1-3H3. The van der Waals surface area contributed by atoms with E-state index in [1.165, 1.54) is 0 Å². The first-order chi connectivity index (χ1) is 8.78. The maximum absolute atomic E-state index is 12.2. The molecule has 0 bridgehead atoms. The molecule has 1 aliphatic rings. The van der Waals surface area contributed by atoms with Crippen LogP contribution in [0, 0.1) is 0 Å². The molecule has 1 aromatic heterocycles. The average Bonchev–Trinajstić information content (AvgIpc) is 2.28. The van der Waals surface area contributed by atoms with Gasteiger partial charge in [-0.25, -0.2) is 14.7 Å². The second-order valence-electron chi connectivity index (χ2n) is 5.33. The Morgan fingerprint density at radius 3 is 2.74 bits per heavy atom. The van der Waals surface area contributed by atoms with Gasteiger partial charge in [0.2, 0.25) is 0 Å². The van der Waals surface area contributed by atoms with Crippen molar-refractivity contribution in [3.8, 4) is 0 Å². The number of imide groups is 1. The van der Waals surface area contributed by atoms with Crippen molar-refractivity contribution in [1.29, 1.82) is 0 Å². The van der Waals surface area contributed by atoms with E-state index < -0.39 is 17.6 Å². The van der Waals surface area contributed by atoms with Crippen LogP contribution >= 0.6 is 11.6 Å². The predicted octanol–water partition coefficient (Wildman–Crippen LogP) is 2.67. The second-order valence-corrected chi connectivity index (χ2v) is 5.72. The zero-order valence-corrected chi connectivity index (χ0v) is 11.8. The molecule has 0 unspecified atom stereocenters. The van der Waals surface area contributed by atoms with Gasteiger partial charge in [-0.15, -0.1) is 0 Å². The summed E-state index contributed by atoms with van der Waals surface area (Å²) in [6.45, 7) is 5.55. The van der Waals surface area contributed by atoms with Crippen molar-refractivity contribution in [1.82, 2.24) is 9.88 Å². The molecular weight excluding hydrogens is 268 g/mol. The van der Waals surface area contributed by atoms with Gasteiger partial charge in [0, 0.05) is 6.54 Å². The molecule has 0 fully saturated rings. The summed E-state index contributed by atoms with van der Waals surface area (Å²) in [6, 6.07) is 3.39. The van der Waals surface area contributed by atoms with E-state index in [9.17, 15) is 9.59 Å². The highest BCUT2D eigenvalue weighted by Crippen LogP contribution is 2.21. The fourth-order valence-corrected chi connectivity index (χ4v) is 1.95. The van der Waals surface area contributed by atoms with Gasteiger partial charge in [0.05, 0.1) is 0 Å². The van der Waals surface area contributed by atoms with E-state index in [1.807, 2.05) is 0 Å². The summed E-state index contributed by atoms with van der Waals surface area (Å²) in [4.78, 5) is 29.2. The SMILES string of the molecule is CC(C)(C)OC(=O)N1CCc2ccc(Cl)nc2C1=O. The van der Waals surface area contributed by atoms with Crippen LogP contribution in [-0.2, 0) is 11.2 Å². The van der Waals surface area contributed by atoms with E-state index >= 15 is 0 Å². The molecule has 0 saturated carbocycles. The number of pyridine rings is 1. The molecule has 0 spiro atoms. The maximum Gasteiger partial charge on any atom is 0.417 e. The minimum absolute atomic E-state index is 0.226. The number of nitrogens with zero attached hydrogens (tertiary/aromatic N) is 2. The third kappa shape index (κ3) is 3.04. The molecule has 2 amide bonds. The molecule has 6 heteroatoms. The normalized spacial score (nSPS) is 15.2. The van der Waals surface area contributed by atoms with E-state index in [0.29, 0.717) is 13.0 Å². The van der Waals surface area contributed by atoms with Crippen molar-refractivity contribution in [2.45, 2.75) is 32.8 Å². The number of hydrogen-bond donors (Lipinski definition) is 0. The number of rotatable bonds is 0. The van der Waals surface area contributed by atoms with Crippen molar-refractivity contribution in [3.63, 3.8) is 0 Å². The molecule has 0 aromatic carbocycles. The molecule has 0 N–H and O–H groups in total. The number of fused-ring (bicyclic) bond motifs is 1. The maximum atomic E-state index is 12.2.